The lowest BCUT2D eigenvalue weighted by Crippen LogP contribution is -2.20. The van der Waals surface area contributed by atoms with Gasteiger partial charge < -0.3 is 9.47 Å². The van der Waals surface area contributed by atoms with Crippen LogP contribution in [0.2, 0.25) is 0 Å². The Bertz CT molecular complexity index is 210. The fourth-order valence-electron chi connectivity index (χ4n) is 0.803. The van der Waals surface area contributed by atoms with E-state index in [9.17, 15) is 4.79 Å². The minimum atomic E-state index is -0.192. The number of esters is 1. The van der Waals surface area contributed by atoms with Crippen molar-refractivity contribution in [2.75, 3.05) is 6.61 Å². The smallest absolute Gasteiger partial charge is 0.314 e. The van der Waals surface area contributed by atoms with Gasteiger partial charge >= 0.3 is 5.97 Å². The van der Waals surface area contributed by atoms with E-state index in [4.69, 9.17) is 9.47 Å². The standard InChI is InChI=1S/C9H14O3/c1-9(2,3)11-6-7-4-5-8(10)12-7/h4H,5-6H2,1-3H3. The van der Waals surface area contributed by atoms with Crippen LogP contribution >= 0.6 is 0 Å². The van der Waals surface area contributed by atoms with Crippen LogP contribution in [0.5, 0.6) is 0 Å². The van der Waals surface area contributed by atoms with Crippen molar-refractivity contribution in [2.24, 2.45) is 0 Å². The number of hydrogen-bond acceptors (Lipinski definition) is 3. The molecule has 3 heteroatoms. The van der Waals surface area contributed by atoms with E-state index in [0.29, 0.717) is 18.8 Å². The van der Waals surface area contributed by atoms with Crippen molar-refractivity contribution in [3.63, 3.8) is 0 Å². The third-order valence-electron chi connectivity index (χ3n) is 1.39. The average Bonchev–Trinajstić information content (AvgIpc) is 2.30. The average molecular weight is 170 g/mol. The Morgan fingerprint density at radius 1 is 1.58 bits per heavy atom. The van der Waals surface area contributed by atoms with Gasteiger partial charge in [0, 0.05) is 0 Å². The molecule has 0 fully saturated rings. The van der Waals surface area contributed by atoms with Gasteiger partial charge in [-0.25, -0.2) is 0 Å². The van der Waals surface area contributed by atoms with Crippen molar-refractivity contribution in [1.82, 2.24) is 0 Å². The van der Waals surface area contributed by atoms with Gasteiger partial charge in [-0.3, -0.25) is 4.79 Å². The number of cyclic esters (lactones) is 1. The van der Waals surface area contributed by atoms with E-state index in [0.717, 1.165) is 0 Å². The van der Waals surface area contributed by atoms with E-state index in [-0.39, 0.29) is 11.6 Å². The molecule has 0 spiro atoms. The van der Waals surface area contributed by atoms with Gasteiger partial charge in [0.1, 0.15) is 12.4 Å². The molecular formula is C9H14O3. The van der Waals surface area contributed by atoms with Crippen LogP contribution in [0.4, 0.5) is 0 Å². The van der Waals surface area contributed by atoms with E-state index in [1.54, 1.807) is 6.08 Å². The molecule has 0 aromatic rings. The zero-order chi connectivity index (χ0) is 9.19. The lowest BCUT2D eigenvalue weighted by molar-refractivity contribution is -0.138. The molecule has 0 aliphatic carbocycles. The molecule has 0 unspecified atom stereocenters. The number of hydrogen-bond donors (Lipinski definition) is 0. The molecular weight excluding hydrogens is 156 g/mol. The van der Waals surface area contributed by atoms with Crippen molar-refractivity contribution in [2.45, 2.75) is 32.8 Å². The summed E-state index contributed by atoms with van der Waals surface area (Å²) in [5.41, 5.74) is -0.185. The highest BCUT2D eigenvalue weighted by Gasteiger charge is 2.17. The molecule has 1 heterocycles. The largest absolute Gasteiger partial charge is 0.429 e. The molecule has 0 aromatic heterocycles. The van der Waals surface area contributed by atoms with Gasteiger partial charge in [-0.2, -0.15) is 0 Å². The van der Waals surface area contributed by atoms with Gasteiger partial charge in [-0.15, -0.1) is 0 Å². The van der Waals surface area contributed by atoms with E-state index >= 15 is 0 Å². The molecule has 0 atom stereocenters. The number of carbonyl (C=O) groups excluding carboxylic acids is 1. The molecule has 0 aromatic carbocycles. The Morgan fingerprint density at radius 3 is 2.67 bits per heavy atom. The van der Waals surface area contributed by atoms with Gasteiger partial charge in [0.2, 0.25) is 0 Å². The molecule has 1 aliphatic heterocycles. The van der Waals surface area contributed by atoms with Crippen molar-refractivity contribution in [1.29, 1.82) is 0 Å². The molecule has 3 nitrogen and oxygen atoms in total. The molecule has 0 bridgehead atoms. The summed E-state index contributed by atoms with van der Waals surface area (Å²) >= 11 is 0. The lowest BCUT2D eigenvalue weighted by atomic mass is 10.2. The predicted octanol–water partition coefficient (Wildman–Crippen LogP) is 1.63. The molecule has 0 saturated carbocycles. The summed E-state index contributed by atoms with van der Waals surface area (Å²) in [6, 6.07) is 0. The summed E-state index contributed by atoms with van der Waals surface area (Å²) in [7, 11) is 0. The first-order chi connectivity index (χ1) is 5.47. The van der Waals surface area contributed by atoms with E-state index in [1.165, 1.54) is 0 Å². The van der Waals surface area contributed by atoms with E-state index in [1.807, 2.05) is 20.8 Å². The third-order valence-corrected chi connectivity index (χ3v) is 1.39. The summed E-state index contributed by atoms with van der Waals surface area (Å²) in [4.78, 5) is 10.6. The van der Waals surface area contributed by atoms with Gasteiger partial charge in [-0.05, 0) is 26.8 Å². The Labute approximate surface area is 72.4 Å². The Balaban J connectivity index is 2.30. The number of carbonyl (C=O) groups is 1. The molecule has 1 rings (SSSR count). The maximum Gasteiger partial charge on any atom is 0.314 e. The predicted molar refractivity (Wildman–Crippen MR) is 44.5 cm³/mol. The van der Waals surface area contributed by atoms with E-state index < -0.39 is 0 Å². The molecule has 68 valence electrons. The quantitative estimate of drug-likeness (QED) is 0.591. The highest BCUT2D eigenvalue weighted by Crippen LogP contribution is 2.14. The normalized spacial score (nSPS) is 17.6. The number of rotatable bonds is 2. The van der Waals surface area contributed by atoms with Crippen LogP contribution in [-0.2, 0) is 14.3 Å². The second kappa shape index (κ2) is 3.27. The molecule has 0 radical (unpaired) electrons. The van der Waals surface area contributed by atoms with Gasteiger partial charge in [-0.1, -0.05) is 0 Å². The first kappa shape index (κ1) is 9.26. The van der Waals surface area contributed by atoms with Crippen molar-refractivity contribution < 1.29 is 14.3 Å². The highest BCUT2D eigenvalue weighted by molar-refractivity contribution is 5.75. The van der Waals surface area contributed by atoms with Crippen LogP contribution in [-0.4, -0.2) is 18.2 Å². The monoisotopic (exact) mass is 170 g/mol. The molecule has 1 aliphatic rings. The summed E-state index contributed by atoms with van der Waals surface area (Å²) in [6.45, 7) is 6.27. The van der Waals surface area contributed by atoms with Crippen molar-refractivity contribution in [3.05, 3.63) is 11.8 Å². The highest BCUT2D eigenvalue weighted by atomic mass is 16.6. The fraction of sp³-hybridized carbons (Fsp3) is 0.667. The summed E-state index contributed by atoms with van der Waals surface area (Å²) in [6.07, 6.45) is 2.14. The Hall–Kier alpha value is -0.830. The summed E-state index contributed by atoms with van der Waals surface area (Å²) < 4.78 is 10.3. The molecule has 0 N–H and O–H groups in total. The van der Waals surface area contributed by atoms with Crippen molar-refractivity contribution in [3.8, 4) is 0 Å². The van der Waals surface area contributed by atoms with Gasteiger partial charge in [0.05, 0.1) is 12.0 Å². The van der Waals surface area contributed by atoms with Gasteiger partial charge in [0.15, 0.2) is 0 Å². The first-order valence-electron chi connectivity index (χ1n) is 4.01. The van der Waals surface area contributed by atoms with Crippen LogP contribution in [0.3, 0.4) is 0 Å². The zero-order valence-electron chi connectivity index (χ0n) is 7.72. The van der Waals surface area contributed by atoms with Crippen LogP contribution in [0.15, 0.2) is 11.8 Å². The van der Waals surface area contributed by atoms with Crippen LogP contribution in [0, 0.1) is 0 Å². The Kier molecular flexibility index (Phi) is 2.52. The topological polar surface area (TPSA) is 35.5 Å². The third kappa shape index (κ3) is 3.05. The van der Waals surface area contributed by atoms with E-state index in [2.05, 4.69) is 0 Å². The fourth-order valence-corrected chi connectivity index (χ4v) is 0.803. The van der Waals surface area contributed by atoms with Crippen LogP contribution in [0.25, 0.3) is 0 Å². The van der Waals surface area contributed by atoms with Gasteiger partial charge in [0.25, 0.3) is 0 Å². The molecule has 0 saturated heterocycles. The summed E-state index contributed by atoms with van der Waals surface area (Å²) in [5.74, 6) is 0.442. The van der Waals surface area contributed by atoms with Crippen LogP contribution in [0.1, 0.15) is 27.2 Å². The lowest BCUT2D eigenvalue weighted by Gasteiger charge is -2.19. The maximum atomic E-state index is 10.6. The SMILES string of the molecule is CC(C)(C)OCC1=CCC(=O)O1. The van der Waals surface area contributed by atoms with Crippen LogP contribution < -0.4 is 0 Å². The summed E-state index contributed by atoms with van der Waals surface area (Å²) in [5, 5.41) is 0. The second-order valence-corrected chi connectivity index (χ2v) is 3.75. The first-order valence-corrected chi connectivity index (χ1v) is 4.01. The number of ether oxygens (including phenoxy) is 2. The zero-order valence-corrected chi connectivity index (χ0v) is 7.72. The van der Waals surface area contributed by atoms with Crippen molar-refractivity contribution >= 4 is 5.97 Å². The maximum absolute atomic E-state index is 10.6. The Morgan fingerprint density at radius 2 is 2.25 bits per heavy atom. The molecule has 12 heavy (non-hydrogen) atoms. The minimum Gasteiger partial charge on any atom is -0.429 e. The molecule has 0 amide bonds. The second-order valence-electron chi connectivity index (χ2n) is 3.75. The minimum absolute atomic E-state index is 0.185.